The average Bonchev–Trinajstić information content (AvgIpc) is 3.37. The molecule has 150 valence electrons. The zero-order chi connectivity index (χ0) is 20.2. The fourth-order valence-corrected chi connectivity index (χ4v) is 4.25. The quantitative estimate of drug-likeness (QED) is 0.628. The molecule has 1 amide bonds. The van der Waals surface area contributed by atoms with Crippen LogP contribution in [-0.4, -0.2) is 41.6 Å². The summed E-state index contributed by atoms with van der Waals surface area (Å²) < 4.78 is 2.08. The second-order valence-electron chi connectivity index (χ2n) is 7.49. The molecule has 1 saturated heterocycles. The number of nitrogens with one attached hydrogen (secondary N) is 1. The van der Waals surface area contributed by atoms with Crippen molar-refractivity contribution in [2.24, 2.45) is 0 Å². The van der Waals surface area contributed by atoms with Gasteiger partial charge >= 0.3 is 0 Å². The van der Waals surface area contributed by atoms with Crippen molar-refractivity contribution >= 4 is 17.5 Å². The van der Waals surface area contributed by atoms with E-state index in [1.165, 1.54) is 12.8 Å². The molecule has 5 heteroatoms. The van der Waals surface area contributed by atoms with E-state index in [1.54, 1.807) is 0 Å². The summed E-state index contributed by atoms with van der Waals surface area (Å²) in [6.45, 7) is 5.81. The maximum Gasteiger partial charge on any atom is 0.253 e. The molecule has 1 fully saturated rings. The highest BCUT2D eigenvalue weighted by atomic mass is 35.5. The second-order valence-corrected chi connectivity index (χ2v) is 7.89. The monoisotopic (exact) mass is 407 g/mol. The Hall–Kier alpha value is -2.56. The van der Waals surface area contributed by atoms with Crippen LogP contribution in [0.1, 0.15) is 28.9 Å². The zero-order valence-corrected chi connectivity index (χ0v) is 17.5. The van der Waals surface area contributed by atoms with E-state index < -0.39 is 0 Å². The number of rotatable bonds is 6. The Bertz CT molecular complexity index is 991. The highest BCUT2D eigenvalue weighted by Crippen LogP contribution is 2.32. The molecule has 0 saturated carbocycles. The van der Waals surface area contributed by atoms with Crippen LogP contribution in [0, 0.1) is 6.92 Å². The highest BCUT2D eigenvalue weighted by molar-refractivity contribution is 6.32. The zero-order valence-electron chi connectivity index (χ0n) is 16.7. The van der Waals surface area contributed by atoms with Crippen molar-refractivity contribution in [2.45, 2.75) is 19.8 Å². The summed E-state index contributed by atoms with van der Waals surface area (Å²) in [5.74, 6) is -0.0373. The highest BCUT2D eigenvalue weighted by Gasteiger charge is 2.21. The Morgan fingerprint density at radius 1 is 1.03 bits per heavy atom. The smallest absolute Gasteiger partial charge is 0.253 e. The third-order valence-corrected chi connectivity index (χ3v) is 5.89. The van der Waals surface area contributed by atoms with Crippen molar-refractivity contribution in [3.05, 3.63) is 76.9 Å². The largest absolute Gasteiger partial charge is 0.351 e. The van der Waals surface area contributed by atoms with Gasteiger partial charge < -0.3 is 14.8 Å². The maximum atomic E-state index is 13.0. The number of aromatic nitrogens is 1. The number of carbonyl (C=O) groups excluding carboxylic acids is 1. The van der Waals surface area contributed by atoms with Gasteiger partial charge in [0.1, 0.15) is 0 Å². The van der Waals surface area contributed by atoms with Crippen molar-refractivity contribution in [1.29, 1.82) is 0 Å². The molecular formula is C24H26ClN3O. The first-order valence-electron chi connectivity index (χ1n) is 10.2. The Morgan fingerprint density at radius 3 is 2.45 bits per heavy atom. The van der Waals surface area contributed by atoms with Gasteiger partial charge in [-0.05, 0) is 56.6 Å². The maximum absolute atomic E-state index is 13.0. The van der Waals surface area contributed by atoms with Gasteiger partial charge in [-0.2, -0.15) is 0 Å². The molecule has 3 aromatic rings. The minimum Gasteiger partial charge on any atom is -0.351 e. The van der Waals surface area contributed by atoms with Gasteiger partial charge in [0, 0.05) is 18.8 Å². The Balaban J connectivity index is 1.66. The van der Waals surface area contributed by atoms with Gasteiger partial charge in [-0.3, -0.25) is 4.79 Å². The van der Waals surface area contributed by atoms with E-state index in [4.69, 9.17) is 11.6 Å². The number of hydrogen-bond donors (Lipinski definition) is 1. The predicted molar refractivity (Wildman–Crippen MR) is 119 cm³/mol. The molecular weight excluding hydrogens is 382 g/mol. The molecule has 4 rings (SSSR count). The van der Waals surface area contributed by atoms with Crippen molar-refractivity contribution < 1.29 is 4.79 Å². The van der Waals surface area contributed by atoms with Crippen LogP contribution in [-0.2, 0) is 0 Å². The lowest BCUT2D eigenvalue weighted by Crippen LogP contribution is -2.33. The van der Waals surface area contributed by atoms with Crippen LogP contribution in [0.3, 0.4) is 0 Å². The molecule has 0 unspecified atom stereocenters. The van der Waals surface area contributed by atoms with E-state index >= 15 is 0 Å². The van der Waals surface area contributed by atoms with E-state index in [0.717, 1.165) is 42.3 Å². The minimum atomic E-state index is -0.0373. The number of amides is 1. The van der Waals surface area contributed by atoms with Crippen molar-refractivity contribution in [2.75, 3.05) is 26.2 Å². The molecule has 4 nitrogen and oxygen atoms in total. The molecule has 0 spiro atoms. The summed E-state index contributed by atoms with van der Waals surface area (Å²) in [7, 11) is 0. The van der Waals surface area contributed by atoms with Crippen LogP contribution in [0.15, 0.2) is 60.7 Å². The number of carbonyl (C=O) groups is 1. The lowest BCUT2D eigenvalue weighted by molar-refractivity contribution is 0.0949. The third-order valence-electron chi connectivity index (χ3n) is 5.57. The first-order chi connectivity index (χ1) is 14.1. The second kappa shape index (κ2) is 8.85. The van der Waals surface area contributed by atoms with Gasteiger partial charge in [0.15, 0.2) is 0 Å². The topological polar surface area (TPSA) is 37.3 Å². The fraction of sp³-hybridized carbons (Fsp3) is 0.292. The molecule has 2 heterocycles. The van der Waals surface area contributed by atoms with Crippen LogP contribution in [0.2, 0.25) is 5.02 Å². The van der Waals surface area contributed by atoms with Crippen molar-refractivity contribution in [1.82, 2.24) is 14.8 Å². The summed E-state index contributed by atoms with van der Waals surface area (Å²) >= 11 is 6.51. The summed E-state index contributed by atoms with van der Waals surface area (Å²) in [6.07, 6.45) is 2.52. The average molecular weight is 408 g/mol. The van der Waals surface area contributed by atoms with E-state index in [-0.39, 0.29) is 5.91 Å². The predicted octanol–water partition coefficient (Wildman–Crippen LogP) is 4.93. The Labute approximate surface area is 177 Å². The number of benzene rings is 2. The number of nitrogens with zero attached hydrogens (tertiary/aromatic N) is 2. The van der Waals surface area contributed by atoms with Gasteiger partial charge in [-0.1, -0.05) is 54.1 Å². The van der Waals surface area contributed by atoms with Gasteiger partial charge in [-0.15, -0.1) is 0 Å². The lowest BCUT2D eigenvalue weighted by Gasteiger charge is -2.15. The van der Waals surface area contributed by atoms with Gasteiger partial charge in [0.05, 0.1) is 22.0 Å². The number of likely N-dealkylation sites (tertiary alicyclic amines) is 1. The molecule has 1 N–H and O–H groups in total. The summed E-state index contributed by atoms with van der Waals surface area (Å²) in [4.78, 5) is 15.4. The first-order valence-corrected chi connectivity index (χ1v) is 10.6. The fourth-order valence-electron chi connectivity index (χ4n) is 4.03. The molecule has 29 heavy (non-hydrogen) atoms. The SMILES string of the molecule is Cc1c(C(=O)NCCN2CCCC2)cc(-c2ccccc2)n1-c1ccccc1Cl. The van der Waals surface area contributed by atoms with Crippen LogP contribution in [0.4, 0.5) is 0 Å². The minimum absolute atomic E-state index is 0.0373. The summed E-state index contributed by atoms with van der Waals surface area (Å²) in [6, 6.07) is 19.8. The van der Waals surface area contributed by atoms with Gasteiger partial charge in [0.2, 0.25) is 0 Å². The van der Waals surface area contributed by atoms with E-state index in [9.17, 15) is 4.79 Å². The van der Waals surface area contributed by atoms with E-state index in [1.807, 2.05) is 55.5 Å². The van der Waals surface area contributed by atoms with Gasteiger partial charge in [0.25, 0.3) is 5.91 Å². The Kier molecular flexibility index (Phi) is 6.02. The Morgan fingerprint density at radius 2 is 1.72 bits per heavy atom. The molecule has 2 aromatic carbocycles. The van der Waals surface area contributed by atoms with E-state index in [0.29, 0.717) is 17.1 Å². The number of hydrogen-bond acceptors (Lipinski definition) is 2. The molecule has 1 aliphatic rings. The van der Waals surface area contributed by atoms with Crippen LogP contribution < -0.4 is 5.32 Å². The first kappa shape index (κ1) is 19.7. The standard InChI is InChI=1S/C24H26ClN3O/c1-18-20(24(29)26-13-16-27-14-7-8-15-27)17-23(19-9-3-2-4-10-19)28(18)22-12-6-5-11-21(22)25/h2-6,9-12,17H,7-8,13-16H2,1H3,(H,26,29). The molecule has 0 atom stereocenters. The molecule has 0 radical (unpaired) electrons. The van der Waals surface area contributed by atoms with Crippen LogP contribution in [0.5, 0.6) is 0 Å². The molecule has 1 aromatic heterocycles. The normalized spacial score (nSPS) is 14.3. The van der Waals surface area contributed by atoms with E-state index in [2.05, 4.69) is 26.9 Å². The van der Waals surface area contributed by atoms with Crippen LogP contribution in [0.25, 0.3) is 16.9 Å². The summed E-state index contributed by atoms with van der Waals surface area (Å²) in [5, 5.41) is 3.75. The lowest BCUT2D eigenvalue weighted by atomic mass is 10.1. The van der Waals surface area contributed by atoms with Crippen molar-refractivity contribution in [3.63, 3.8) is 0 Å². The van der Waals surface area contributed by atoms with Crippen molar-refractivity contribution in [3.8, 4) is 16.9 Å². The third kappa shape index (κ3) is 4.24. The van der Waals surface area contributed by atoms with Gasteiger partial charge in [-0.25, -0.2) is 0 Å². The molecule has 0 aliphatic carbocycles. The number of halogens is 1. The van der Waals surface area contributed by atoms with Crippen LogP contribution >= 0.6 is 11.6 Å². The molecule has 1 aliphatic heterocycles. The number of para-hydroxylation sites is 1. The molecule has 0 bridgehead atoms. The summed E-state index contributed by atoms with van der Waals surface area (Å²) in [5.41, 5.74) is 4.45.